The molecule has 40 heavy (non-hydrogen) atoms. The van der Waals surface area contributed by atoms with E-state index in [0.29, 0.717) is 0 Å². The van der Waals surface area contributed by atoms with Gasteiger partial charge in [-0.1, -0.05) is 133 Å². The Kier molecular flexibility index (Phi) is 7.50. The summed E-state index contributed by atoms with van der Waals surface area (Å²) in [4.78, 5) is 0. The zero-order chi connectivity index (χ0) is 27.0. The zero-order valence-electron chi connectivity index (χ0n) is 22.0. The van der Waals surface area contributed by atoms with E-state index in [1.54, 1.807) is 0 Å². The fourth-order valence-corrected chi connectivity index (χ4v) is 4.56. The molecule has 0 aliphatic heterocycles. The summed E-state index contributed by atoms with van der Waals surface area (Å²) in [5.41, 5.74) is 6.43. The fourth-order valence-electron chi connectivity index (χ4n) is 4.56. The van der Waals surface area contributed by atoms with Crippen molar-refractivity contribution in [3.8, 4) is 45.3 Å². The second-order valence-electron chi connectivity index (χ2n) is 9.40. The molecule has 6 rings (SSSR count). The lowest BCUT2D eigenvalue weighted by Gasteiger charge is -2.17. The van der Waals surface area contributed by atoms with Crippen molar-refractivity contribution >= 4 is 12.2 Å². The number of hydrogen-bond donors (Lipinski definition) is 0. The van der Waals surface area contributed by atoms with Crippen LogP contribution in [0.5, 0.6) is 23.0 Å². The van der Waals surface area contributed by atoms with Gasteiger partial charge < -0.3 is 9.47 Å². The summed E-state index contributed by atoms with van der Waals surface area (Å²) in [6, 6.07) is 53.1. The predicted molar refractivity (Wildman–Crippen MR) is 166 cm³/mol. The zero-order valence-corrected chi connectivity index (χ0v) is 22.0. The lowest BCUT2D eigenvalue weighted by molar-refractivity contribution is 0.470. The lowest BCUT2D eigenvalue weighted by Crippen LogP contribution is -1.94. The maximum atomic E-state index is 6.44. The molecule has 6 aromatic rings. The molecule has 0 aliphatic carbocycles. The van der Waals surface area contributed by atoms with E-state index in [1.165, 1.54) is 11.1 Å². The van der Waals surface area contributed by atoms with Crippen LogP contribution in [-0.2, 0) is 0 Å². The SMILES string of the molecule is C(=Cc1cc(Oc2ccccc2)c(-c2ccccc2)cc1Oc1ccccc1)c1ccc(-c2ccccc2)cc1. The van der Waals surface area contributed by atoms with Crippen molar-refractivity contribution in [3.63, 3.8) is 0 Å². The molecule has 0 radical (unpaired) electrons. The van der Waals surface area contributed by atoms with Gasteiger partial charge in [0, 0.05) is 11.1 Å². The van der Waals surface area contributed by atoms with Gasteiger partial charge in [-0.15, -0.1) is 0 Å². The summed E-state index contributed by atoms with van der Waals surface area (Å²) < 4.78 is 12.9. The van der Waals surface area contributed by atoms with E-state index in [0.717, 1.165) is 45.3 Å². The molecule has 0 fully saturated rings. The molecule has 2 heteroatoms. The van der Waals surface area contributed by atoms with Crippen LogP contribution in [0.1, 0.15) is 11.1 Å². The van der Waals surface area contributed by atoms with Crippen LogP contribution in [0.2, 0.25) is 0 Å². The molecule has 0 amide bonds. The van der Waals surface area contributed by atoms with E-state index in [1.807, 2.05) is 84.9 Å². The molecule has 0 aliphatic rings. The monoisotopic (exact) mass is 516 g/mol. The second kappa shape index (κ2) is 12.0. The van der Waals surface area contributed by atoms with Gasteiger partial charge in [-0.3, -0.25) is 0 Å². The molecule has 192 valence electrons. The Bertz CT molecular complexity index is 1690. The average molecular weight is 517 g/mol. The Morgan fingerprint density at radius 3 is 1.43 bits per heavy atom. The maximum Gasteiger partial charge on any atom is 0.136 e. The highest BCUT2D eigenvalue weighted by molar-refractivity contribution is 5.80. The largest absolute Gasteiger partial charge is 0.457 e. The van der Waals surface area contributed by atoms with E-state index in [4.69, 9.17) is 9.47 Å². The summed E-state index contributed by atoms with van der Waals surface area (Å²) in [7, 11) is 0. The lowest BCUT2D eigenvalue weighted by atomic mass is 10.00. The molecule has 0 unspecified atom stereocenters. The van der Waals surface area contributed by atoms with Crippen molar-refractivity contribution in [1.82, 2.24) is 0 Å². The Morgan fingerprint density at radius 1 is 0.375 bits per heavy atom. The number of hydrogen-bond acceptors (Lipinski definition) is 2. The Hall–Kier alpha value is -5.34. The van der Waals surface area contributed by atoms with Crippen molar-refractivity contribution in [2.75, 3.05) is 0 Å². The molecule has 0 aromatic heterocycles. The quantitative estimate of drug-likeness (QED) is 0.187. The standard InChI is InChI=1S/C38H28O2/c1-5-13-30(14-6-1)31-24-21-29(22-25-31)23-26-33-27-38(40-35-19-11-4-12-20-35)36(32-15-7-2-8-16-32)28-37(33)39-34-17-9-3-10-18-34/h1-28H. The summed E-state index contributed by atoms with van der Waals surface area (Å²) in [5, 5.41) is 0. The van der Waals surface area contributed by atoms with Gasteiger partial charge >= 0.3 is 0 Å². The molecule has 0 N–H and O–H groups in total. The van der Waals surface area contributed by atoms with E-state index in [-0.39, 0.29) is 0 Å². The first kappa shape index (κ1) is 25.0. The van der Waals surface area contributed by atoms with Crippen LogP contribution < -0.4 is 9.47 Å². The number of ether oxygens (including phenoxy) is 2. The first-order valence-corrected chi connectivity index (χ1v) is 13.3. The summed E-state index contributed by atoms with van der Waals surface area (Å²) in [6.45, 7) is 0. The third kappa shape index (κ3) is 6.03. The molecular weight excluding hydrogens is 488 g/mol. The van der Waals surface area contributed by atoms with Gasteiger partial charge in [0.2, 0.25) is 0 Å². The van der Waals surface area contributed by atoms with Crippen molar-refractivity contribution < 1.29 is 9.47 Å². The third-order valence-corrected chi connectivity index (χ3v) is 6.61. The predicted octanol–water partition coefficient (Wildman–Crippen LogP) is 10.8. The molecule has 6 aromatic carbocycles. The van der Waals surface area contributed by atoms with Crippen molar-refractivity contribution in [2.45, 2.75) is 0 Å². The summed E-state index contributed by atoms with van der Waals surface area (Å²) in [6.07, 6.45) is 4.19. The average Bonchev–Trinajstić information content (AvgIpc) is 3.03. The normalized spacial score (nSPS) is 10.9. The number of para-hydroxylation sites is 2. The highest BCUT2D eigenvalue weighted by Gasteiger charge is 2.14. The van der Waals surface area contributed by atoms with Crippen LogP contribution in [0.25, 0.3) is 34.4 Å². The molecule has 0 heterocycles. The van der Waals surface area contributed by atoms with E-state index in [2.05, 4.69) is 84.9 Å². The first-order valence-electron chi connectivity index (χ1n) is 13.3. The van der Waals surface area contributed by atoms with Gasteiger partial charge in [0.25, 0.3) is 0 Å². The molecule has 0 spiro atoms. The molecule has 2 nitrogen and oxygen atoms in total. The topological polar surface area (TPSA) is 18.5 Å². The van der Waals surface area contributed by atoms with Crippen LogP contribution in [0, 0.1) is 0 Å². The molecule has 0 saturated carbocycles. The number of rotatable bonds is 8. The van der Waals surface area contributed by atoms with Crippen LogP contribution in [0.3, 0.4) is 0 Å². The van der Waals surface area contributed by atoms with Gasteiger partial charge in [-0.05, 0) is 58.7 Å². The molecule has 0 saturated heterocycles. The van der Waals surface area contributed by atoms with Crippen molar-refractivity contribution in [2.24, 2.45) is 0 Å². The highest BCUT2D eigenvalue weighted by atomic mass is 16.5. The van der Waals surface area contributed by atoms with Gasteiger partial charge in [0.15, 0.2) is 0 Å². The van der Waals surface area contributed by atoms with Gasteiger partial charge in [-0.2, -0.15) is 0 Å². The minimum atomic E-state index is 0.752. The highest BCUT2D eigenvalue weighted by Crippen LogP contribution is 2.40. The Morgan fingerprint density at radius 2 is 0.850 bits per heavy atom. The molecular formula is C38H28O2. The van der Waals surface area contributed by atoms with Crippen LogP contribution in [-0.4, -0.2) is 0 Å². The van der Waals surface area contributed by atoms with E-state index in [9.17, 15) is 0 Å². The minimum absolute atomic E-state index is 0.752. The Labute approximate surface area is 235 Å². The van der Waals surface area contributed by atoms with E-state index < -0.39 is 0 Å². The Balaban J connectivity index is 1.41. The second-order valence-corrected chi connectivity index (χ2v) is 9.40. The third-order valence-electron chi connectivity index (χ3n) is 6.61. The maximum absolute atomic E-state index is 6.44. The van der Waals surface area contributed by atoms with Gasteiger partial charge in [0.05, 0.1) is 0 Å². The fraction of sp³-hybridized carbons (Fsp3) is 0. The first-order chi connectivity index (χ1) is 19.8. The number of benzene rings is 6. The summed E-state index contributed by atoms with van der Waals surface area (Å²) >= 11 is 0. The van der Waals surface area contributed by atoms with Crippen molar-refractivity contribution in [1.29, 1.82) is 0 Å². The van der Waals surface area contributed by atoms with Crippen LogP contribution in [0.15, 0.2) is 158 Å². The van der Waals surface area contributed by atoms with E-state index >= 15 is 0 Å². The van der Waals surface area contributed by atoms with Gasteiger partial charge in [-0.25, -0.2) is 0 Å². The van der Waals surface area contributed by atoms with Gasteiger partial charge in [0.1, 0.15) is 23.0 Å². The molecule has 0 bridgehead atoms. The molecule has 0 atom stereocenters. The van der Waals surface area contributed by atoms with Crippen LogP contribution >= 0.6 is 0 Å². The van der Waals surface area contributed by atoms with Crippen molar-refractivity contribution in [3.05, 3.63) is 169 Å². The van der Waals surface area contributed by atoms with Crippen LogP contribution in [0.4, 0.5) is 0 Å². The smallest absolute Gasteiger partial charge is 0.136 e. The summed E-state index contributed by atoms with van der Waals surface area (Å²) in [5.74, 6) is 3.07. The minimum Gasteiger partial charge on any atom is -0.457 e.